The number of benzene rings is 3. The van der Waals surface area contributed by atoms with E-state index in [-0.39, 0.29) is 54.9 Å². The summed E-state index contributed by atoms with van der Waals surface area (Å²) in [7, 11) is -2.26. The lowest BCUT2D eigenvalue weighted by atomic mass is 10.0. The second kappa shape index (κ2) is 15.7. The largest absolute Gasteiger partial charge is 0.495 e. The van der Waals surface area contributed by atoms with Gasteiger partial charge in [0.15, 0.2) is 0 Å². The van der Waals surface area contributed by atoms with E-state index in [0.29, 0.717) is 17.9 Å². The summed E-state index contributed by atoms with van der Waals surface area (Å²) in [6.07, 6.45) is 2.07. The highest BCUT2D eigenvalue weighted by Crippen LogP contribution is 2.30. The van der Waals surface area contributed by atoms with E-state index in [1.807, 2.05) is 44.2 Å². The Labute approximate surface area is 258 Å². The number of anilines is 1. The Kier molecular flexibility index (Phi) is 12.4. The average Bonchev–Trinajstić information content (AvgIpc) is 2.97. The predicted octanol–water partition coefficient (Wildman–Crippen LogP) is 5.59. The van der Waals surface area contributed by atoms with E-state index in [0.717, 1.165) is 11.8 Å². The molecule has 0 radical (unpaired) electrons. The molecule has 0 heterocycles. The number of nitrogens with zero attached hydrogens (tertiary/aromatic N) is 2. The van der Waals surface area contributed by atoms with Crippen LogP contribution in [0.3, 0.4) is 0 Å². The molecular weight excluding hydrogens is 593 g/mol. The number of carbonyl (C=O) groups is 2. The minimum Gasteiger partial charge on any atom is -0.495 e. The SMILES string of the molecule is CC[C@H](C)NC(=O)[C@H](Cc1ccccc1)N(Cc1ccccc1F)C(=O)CCCN(c1ccc(OC)c(Cl)c1)S(C)(=O)=O. The Hall–Kier alpha value is -3.63. The van der Waals surface area contributed by atoms with Crippen molar-refractivity contribution in [1.82, 2.24) is 10.2 Å². The van der Waals surface area contributed by atoms with Crippen LogP contribution < -0.4 is 14.4 Å². The molecule has 0 aliphatic carbocycles. The standard InChI is InChI=1S/C32H39ClFN3O5S/c1-5-23(2)35-32(39)29(20-24-12-7-6-8-13-24)36(22-25-14-9-10-15-28(25)34)31(38)16-11-19-37(43(4,40)41)26-17-18-30(42-3)27(33)21-26/h6-10,12-15,17-18,21,23,29H,5,11,16,19-20,22H2,1-4H3,(H,35,39)/t23-,29-/m0/s1. The molecule has 0 fully saturated rings. The zero-order valence-corrected chi connectivity index (χ0v) is 26.5. The Morgan fingerprint density at radius 2 is 1.72 bits per heavy atom. The van der Waals surface area contributed by atoms with Crippen LogP contribution in [-0.2, 0) is 32.6 Å². The van der Waals surface area contributed by atoms with Crippen molar-refractivity contribution in [3.05, 3.63) is 94.8 Å². The van der Waals surface area contributed by atoms with Gasteiger partial charge in [-0.25, -0.2) is 12.8 Å². The van der Waals surface area contributed by atoms with E-state index in [9.17, 15) is 22.4 Å². The first-order valence-electron chi connectivity index (χ1n) is 14.1. The number of rotatable bonds is 15. The molecule has 1 N–H and O–H groups in total. The van der Waals surface area contributed by atoms with Gasteiger partial charge >= 0.3 is 0 Å². The summed E-state index contributed by atoms with van der Waals surface area (Å²) in [5, 5.41) is 3.23. The van der Waals surface area contributed by atoms with Crippen molar-refractivity contribution in [3.8, 4) is 5.75 Å². The molecule has 0 aliphatic heterocycles. The molecule has 0 spiro atoms. The van der Waals surface area contributed by atoms with Gasteiger partial charge in [-0.1, -0.05) is 67.1 Å². The first-order chi connectivity index (χ1) is 20.4. The lowest BCUT2D eigenvalue weighted by Crippen LogP contribution is -2.52. The van der Waals surface area contributed by atoms with Crippen LogP contribution in [-0.4, -0.2) is 57.1 Å². The summed E-state index contributed by atoms with van der Waals surface area (Å²) < 4.78 is 46.5. The first kappa shape index (κ1) is 33.9. The Balaban J connectivity index is 1.90. The normalized spacial score (nSPS) is 12.7. The minimum atomic E-state index is -3.72. The van der Waals surface area contributed by atoms with Gasteiger partial charge in [0, 0.05) is 37.5 Å². The molecule has 0 saturated heterocycles. The third-order valence-corrected chi connectivity index (χ3v) is 8.64. The van der Waals surface area contributed by atoms with Gasteiger partial charge in [0.05, 0.1) is 24.1 Å². The highest BCUT2D eigenvalue weighted by atomic mass is 35.5. The van der Waals surface area contributed by atoms with Crippen LogP contribution in [0.25, 0.3) is 0 Å². The topological polar surface area (TPSA) is 96.0 Å². The second-order valence-electron chi connectivity index (χ2n) is 10.4. The van der Waals surface area contributed by atoms with E-state index in [2.05, 4.69) is 5.32 Å². The summed E-state index contributed by atoms with van der Waals surface area (Å²) in [4.78, 5) is 28.9. The molecule has 0 bridgehead atoms. The summed E-state index contributed by atoms with van der Waals surface area (Å²) in [6, 6.07) is 19.0. The van der Waals surface area contributed by atoms with E-state index in [1.165, 1.54) is 28.4 Å². The van der Waals surface area contributed by atoms with Crippen molar-refractivity contribution < 1.29 is 27.1 Å². The first-order valence-corrected chi connectivity index (χ1v) is 16.4. The zero-order valence-electron chi connectivity index (χ0n) is 24.9. The molecule has 0 unspecified atom stereocenters. The molecule has 0 saturated carbocycles. The summed E-state index contributed by atoms with van der Waals surface area (Å²) in [5.41, 5.74) is 1.45. The summed E-state index contributed by atoms with van der Waals surface area (Å²) in [5.74, 6) is -0.822. The maximum absolute atomic E-state index is 14.8. The van der Waals surface area contributed by atoms with E-state index in [1.54, 1.807) is 30.3 Å². The maximum atomic E-state index is 14.8. The number of hydrogen-bond acceptors (Lipinski definition) is 5. The van der Waals surface area contributed by atoms with Crippen LogP contribution in [0.1, 0.15) is 44.2 Å². The van der Waals surface area contributed by atoms with Gasteiger partial charge in [-0.05, 0) is 49.6 Å². The molecule has 3 rings (SSSR count). The zero-order chi connectivity index (χ0) is 31.6. The van der Waals surface area contributed by atoms with Crippen LogP contribution in [0.15, 0.2) is 72.8 Å². The molecular formula is C32H39ClFN3O5S. The predicted molar refractivity (Wildman–Crippen MR) is 168 cm³/mol. The van der Waals surface area contributed by atoms with Crippen molar-refractivity contribution in [2.75, 3.05) is 24.2 Å². The van der Waals surface area contributed by atoms with E-state index >= 15 is 0 Å². The molecule has 3 aromatic carbocycles. The molecule has 2 atom stereocenters. The number of carbonyl (C=O) groups excluding carboxylic acids is 2. The number of amides is 2. The highest BCUT2D eigenvalue weighted by Gasteiger charge is 2.31. The summed E-state index contributed by atoms with van der Waals surface area (Å²) in [6.45, 7) is 3.69. The monoisotopic (exact) mass is 631 g/mol. The third-order valence-electron chi connectivity index (χ3n) is 7.15. The van der Waals surface area contributed by atoms with Gasteiger partial charge in [-0.2, -0.15) is 0 Å². The van der Waals surface area contributed by atoms with Gasteiger partial charge in [0.1, 0.15) is 17.6 Å². The van der Waals surface area contributed by atoms with Crippen molar-refractivity contribution in [2.24, 2.45) is 0 Å². The lowest BCUT2D eigenvalue weighted by molar-refractivity contribution is -0.141. The Bertz CT molecular complexity index is 1490. The quantitative estimate of drug-likeness (QED) is 0.236. The molecule has 8 nitrogen and oxygen atoms in total. The number of methoxy groups -OCH3 is 1. The van der Waals surface area contributed by atoms with Crippen LogP contribution in [0, 0.1) is 5.82 Å². The van der Waals surface area contributed by atoms with Crippen molar-refractivity contribution in [3.63, 3.8) is 0 Å². The van der Waals surface area contributed by atoms with Gasteiger partial charge in [0.25, 0.3) is 0 Å². The molecule has 232 valence electrons. The summed E-state index contributed by atoms with van der Waals surface area (Å²) >= 11 is 6.24. The Morgan fingerprint density at radius 1 is 1.05 bits per heavy atom. The smallest absolute Gasteiger partial charge is 0.243 e. The number of nitrogens with one attached hydrogen (secondary N) is 1. The van der Waals surface area contributed by atoms with Crippen LogP contribution in [0.4, 0.5) is 10.1 Å². The third kappa shape index (κ3) is 9.69. The van der Waals surface area contributed by atoms with Crippen LogP contribution >= 0.6 is 11.6 Å². The highest BCUT2D eigenvalue weighted by molar-refractivity contribution is 7.92. The molecule has 0 aliphatic rings. The lowest BCUT2D eigenvalue weighted by Gasteiger charge is -2.33. The van der Waals surface area contributed by atoms with Gasteiger partial charge < -0.3 is 15.0 Å². The molecule has 43 heavy (non-hydrogen) atoms. The number of ether oxygens (including phenoxy) is 1. The minimum absolute atomic E-state index is 0.0107. The fourth-order valence-corrected chi connectivity index (χ4v) is 5.83. The fraction of sp³-hybridized carbons (Fsp3) is 0.375. The van der Waals surface area contributed by atoms with Gasteiger partial charge in [-0.3, -0.25) is 13.9 Å². The Morgan fingerprint density at radius 3 is 2.33 bits per heavy atom. The van der Waals surface area contributed by atoms with Gasteiger partial charge in [0.2, 0.25) is 21.8 Å². The van der Waals surface area contributed by atoms with Crippen LogP contribution in [0.2, 0.25) is 5.02 Å². The number of halogens is 2. The second-order valence-corrected chi connectivity index (χ2v) is 12.7. The molecule has 2 amide bonds. The molecule has 11 heteroatoms. The maximum Gasteiger partial charge on any atom is 0.243 e. The number of sulfonamides is 1. The van der Waals surface area contributed by atoms with E-state index in [4.69, 9.17) is 16.3 Å². The molecule has 0 aromatic heterocycles. The fourth-order valence-electron chi connectivity index (χ4n) is 4.62. The van der Waals surface area contributed by atoms with Crippen LogP contribution in [0.5, 0.6) is 5.75 Å². The van der Waals surface area contributed by atoms with E-state index < -0.39 is 27.8 Å². The van der Waals surface area contributed by atoms with Crippen molar-refractivity contribution in [2.45, 2.75) is 58.2 Å². The van der Waals surface area contributed by atoms with Gasteiger partial charge in [-0.15, -0.1) is 0 Å². The van der Waals surface area contributed by atoms with Crippen molar-refractivity contribution in [1.29, 1.82) is 0 Å². The average molecular weight is 632 g/mol. The van der Waals surface area contributed by atoms with Crippen molar-refractivity contribution >= 4 is 39.1 Å². The number of hydrogen-bond donors (Lipinski definition) is 1. The molecule has 3 aromatic rings.